The van der Waals surface area contributed by atoms with Crippen molar-refractivity contribution < 1.29 is 4.79 Å². The van der Waals surface area contributed by atoms with Crippen molar-refractivity contribution in [3.8, 4) is 0 Å². The highest BCUT2D eigenvalue weighted by atomic mass is 16.1. The number of rotatable bonds is 5. The zero-order valence-electron chi connectivity index (χ0n) is 11.8. The second-order valence-electron chi connectivity index (χ2n) is 3.24. The molecule has 1 N–H and O–H groups in total. The Hall–Kier alpha value is -0.370. The summed E-state index contributed by atoms with van der Waals surface area (Å²) in [5, 5.41) is 2.95. The quantitative estimate of drug-likeness (QED) is 0.759. The Balaban J connectivity index is -0.000000202. The standard InChI is InChI=1S/C7H15NO.C4H10.C2H6/c1-4-5-7(8-3)6(2)9;1-3-4-2;1-2/h7-8H,4-5H2,1-3H3;3-4H2,1-2H3;1-2H3. The smallest absolute Gasteiger partial charge is 0.146 e. The van der Waals surface area contributed by atoms with Crippen molar-refractivity contribution in [1.82, 2.24) is 5.32 Å². The topological polar surface area (TPSA) is 29.1 Å². The van der Waals surface area contributed by atoms with E-state index in [4.69, 9.17) is 0 Å². The minimum atomic E-state index is 0.0787. The molecule has 2 nitrogen and oxygen atoms in total. The fraction of sp³-hybridized carbons (Fsp3) is 0.923. The number of ketones is 1. The van der Waals surface area contributed by atoms with E-state index >= 15 is 0 Å². The minimum Gasteiger partial charge on any atom is -0.311 e. The molecule has 0 amide bonds. The summed E-state index contributed by atoms with van der Waals surface area (Å²) in [5.74, 6) is 0.236. The molecule has 0 aliphatic heterocycles. The Morgan fingerprint density at radius 3 is 1.53 bits per heavy atom. The van der Waals surface area contributed by atoms with Crippen LogP contribution in [0.1, 0.15) is 67.2 Å². The monoisotopic (exact) mass is 217 g/mol. The highest BCUT2D eigenvalue weighted by molar-refractivity contribution is 5.81. The molecular weight excluding hydrogens is 186 g/mol. The van der Waals surface area contributed by atoms with E-state index in [-0.39, 0.29) is 11.8 Å². The van der Waals surface area contributed by atoms with Crippen LogP contribution in [0, 0.1) is 0 Å². The molecule has 1 atom stereocenters. The van der Waals surface area contributed by atoms with Gasteiger partial charge >= 0.3 is 0 Å². The van der Waals surface area contributed by atoms with Gasteiger partial charge in [-0.3, -0.25) is 4.79 Å². The van der Waals surface area contributed by atoms with Crippen molar-refractivity contribution in [2.75, 3.05) is 7.05 Å². The third-order valence-electron chi connectivity index (χ3n) is 1.92. The Labute approximate surface area is 96.8 Å². The summed E-state index contributed by atoms with van der Waals surface area (Å²) >= 11 is 0. The van der Waals surface area contributed by atoms with Crippen LogP contribution in [-0.2, 0) is 4.79 Å². The molecule has 0 aromatic carbocycles. The van der Waals surface area contributed by atoms with Gasteiger partial charge in [-0.25, -0.2) is 0 Å². The van der Waals surface area contributed by atoms with Crippen molar-refractivity contribution in [3.05, 3.63) is 0 Å². The van der Waals surface area contributed by atoms with E-state index < -0.39 is 0 Å². The van der Waals surface area contributed by atoms with Crippen LogP contribution in [-0.4, -0.2) is 18.9 Å². The van der Waals surface area contributed by atoms with E-state index in [0.29, 0.717) is 0 Å². The van der Waals surface area contributed by atoms with Gasteiger partial charge in [-0.1, -0.05) is 53.9 Å². The van der Waals surface area contributed by atoms with Crippen LogP contribution in [0.3, 0.4) is 0 Å². The molecule has 0 saturated heterocycles. The normalized spacial score (nSPS) is 10.3. The van der Waals surface area contributed by atoms with E-state index in [9.17, 15) is 4.79 Å². The van der Waals surface area contributed by atoms with E-state index in [1.165, 1.54) is 12.8 Å². The lowest BCUT2D eigenvalue weighted by Crippen LogP contribution is -2.31. The van der Waals surface area contributed by atoms with Gasteiger partial charge in [0, 0.05) is 0 Å². The minimum absolute atomic E-state index is 0.0787. The second kappa shape index (κ2) is 19.2. The zero-order valence-corrected chi connectivity index (χ0v) is 11.8. The number of nitrogens with one attached hydrogen (secondary N) is 1. The zero-order chi connectivity index (χ0) is 12.7. The largest absolute Gasteiger partial charge is 0.311 e. The molecule has 0 heterocycles. The highest BCUT2D eigenvalue weighted by Gasteiger charge is 2.07. The molecule has 0 aromatic rings. The van der Waals surface area contributed by atoms with Crippen LogP contribution in [0.15, 0.2) is 0 Å². The number of unbranched alkanes of at least 4 members (excludes halogenated alkanes) is 1. The predicted octanol–water partition coefficient (Wildman–Crippen LogP) is 3.80. The molecule has 0 aromatic heterocycles. The summed E-state index contributed by atoms with van der Waals surface area (Å²) in [6, 6.07) is 0.0787. The molecule has 0 fully saturated rings. The lowest BCUT2D eigenvalue weighted by Gasteiger charge is -2.09. The average molecular weight is 217 g/mol. The fourth-order valence-electron chi connectivity index (χ4n) is 0.840. The maximum atomic E-state index is 10.7. The molecule has 0 radical (unpaired) electrons. The summed E-state index contributed by atoms with van der Waals surface area (Å²) in [6.07, 6.45) is 4.65. The van der Waals surface area contributed by atoms with Gasteiger partial charge in [0.15, 0.2) is 0 Å². The van der Waals surface area contributed by atoms with Gasteiger partial charge in [-0.2, -0.15) is 0 Å². The number of likely N-dealkylation sites (N-methyl/N-ethyl adjacent to an activating group) is 1. The number of hydrogen-bond donors (Lipinski definition) is 1. The van der Waals surface area contributed by atoms with Crippen molar-refractivity contribution in [2.24, 2.45) is 0 Å². The Bertz CT molecular complexity index is 111. The molecule has 0 aliphatic rings. The van der Waals surface area contributed by atoms with Gasteiger partial charge < -0.3 is 5.32 Å². The summed E-state index contributed by atoms with van der Waals surface area (Å²) in [4.78, 5) is 10.7. The first-order valence-corrected chi connectivity index (χ1v) is 6.31. The first-order chi connectivity index (χ1) is 7.13. The Morgan fingerprint density at radius 1 is 1.07 bits per heavy atom. The first kappa shape index (κ1) is 20.1. The molecular formula is C13H31NO. The second-order valence-corrected chi connectivity index (χ2v) is 3.24. The summed E-state index contributed by atoms with van der Waals surface area (Å²) in [6.45, 7) is 12.1. The third-order valence-corrected chi connectivity index (χ3v) is 1.92. The molecule has 0 bridgehead atoms. The number of Topliss-reactive ketones (excluding diaryl/α,β-unsaturated/α-hetero) is 1. The fourth-order valence-corrected chi connectivity index (χ4v) is 0.840. The lowest BCUT2D eigenvalue weighted by atomic mass is 10.1. The molecule has 2 heteroatoms. The van der Waals surface area contributed by atoms with Gasteiger partial charge in [0.05, 0.1) is 6.04 Å². The van der Waals surface area contributed by atoms with Gasteiger partial charge in [0.1, 0.15) is 5.78 Å². The molecule has 15 heavy (non-hydrogen) atoms. The number of hydrogen-bond acceptors (Lipinski definition) is 2. The maximum absolute atomic E-state index is 10.7. The van der Waals surface area contributed by atoms with Crippen LogP contribution in [0.2, 0.25) is 0 Å². The lowest BCUT2D eigenvalue weighted by molar-refractivity contribution is -0.119. The summed E-state index contributed by atoms with van der Waals surface area (Å²) in [7, 11) is 1.82. The number of carbonyl (C=O) groups excluding carboxylic acids is 1. The molecule has 94 valence electrons. The molecule has 0 rings (SSSR count). The van der Waals surface area contributed by atoms with Gasteiger partial charge in [0.2, 0.25) is 0 Å². The van der Waals surface area contributed by atoms with E-state index in [1.807, 2.05) is 20.9 Å². The molecule has 0 spiro atoms. The summed E-state index contributed by atoms with van der Waals surface area (Å²) < 4.78 is 0. The van der Waals surface area contributed by atoms with Crippen LogP contribution >= 0.6 is 0 Å². The highest BCUT2D eigenvalue weighted by Crippen LogP contribution is 1.95. The number of carbonyl (C=O) groups is 1. The molecule has 0 saturated carbocycles. The molecule has 0 aliphatic carbocycles. The van der Waals surface area contributed by atoms with E-state index in [2.05, 4.69) is 26.1 Å². The van der Waals surface area contributed by atoms with Crippen LogP contribution in [0.4, 0.5) is 0 Å². The van der Waals surface area contributed by atoms with Crippen LogP contribution in [0.5, 0.6) is 0 Å². The van der Waals surface area contributed by atoms with Crippen molar-refractivity contribution in [1.29, 1.82) is 0 Å². The Morgan fingerprint density at radius 2 is 1.47 bits per heavy atom. The van der Waals surface area contributed by atoms with E-state index in [0.717, 1.165) is 12.8 Å². The molecule has 1 unspecified atom stereocenters. The first-order valence-electron chi connectivity index (χ1n) is 6.31. The van der Waals surface area contributed by atoms with Crippen molar-refractivity contribution >= 4 is 5.78 Å². The van der Waals surface area contributed by atoms with Gasteiger partial charge in [0.25, 0.3) is 0 Å². The maximum Gasteiger partial charge on any atom is 0.146 e. The van der Waals surface area contributed by atoms with Crippen LogP contribution in [0.25, 0.3) is 0 Å². The third kappa shape index (κ3) is 19.9. The van der Waals surface area contributed by atoms with Gasteiger partial charge in [-0.05, 0) is 20.4 Å². The van der Waals surface area contributed by atoms with Crippen molar-refractivity contribution in [3.63, 3.8) is 0 Å². The predicted molar refractivity (Wildman–Crippen MR) is 70.4 cm³/mol. The SMILES string of the molecule is CC.CCCC.CCCC(NC)C(C)=O. The van der Waals surface area contributed by atoms with Gasteiger partial charge in [-0.15, -0.1) is 0 Å². The Kier molecular flexibility index (Phi) is 25.8. The van der Waals surface area contributed by atoms with Crippen LogP contribution < -0.4 is 5.32 Å². The van der Waals surface area contributed by atoms with E-state index in [1.54, 1.807) is 6.92 Å². The summed E-state index contributed by atoms with van der Waals surface area (Å²) in [5.41, 5.74) is 0. The average Bonchev–Trinajstić information content (AvgIpc) is 2.28. The van der Waals surface area contributed by atoms with Crippen molar-refractivity contribution in [2.45, 2.75) is 73.3 Å².